The highest BCUT2D eigenvalue weighted by atomic mass is 35.5. The number of nitrogens with zero attached hydrogens (tertiary/aromatic N) is 2. The first-order valence-corrected chi connectivity index (χ1v) is 9.56. The molecule has 1 heterocycles. The summed E-state index contributed by atoms with van der Waals surface area (Å²) >= 11 is 6.16. The van der Waals surface area contributed by atoms with Gasteiger partial charge >= 0.3 is 0 Å². The van der Waals surface area contributed by atoms with Gasteiger partial charge in [0.15, 0.2) is 0 Å². The molecule has 5 nitrogen and oxygen atoms in total. The number of benzene rings is 2. The van der Waals surface area contributed by atoms with Crippen LogP contribution in [-0.2, 0) is 4.79 Å². The summed E-state index contributed by atoms with van der Waals surface area (Å²) in [5.74, 6) is 0.724. The first kappa shape index (κ1) is 19.5. The SMILES string of the molecule is COc1cccc(NC(=O)[C@@H](C)N2CCN(c3cc(Cl)ccc3C)CC2)c1. The minimum atomic E-state index is -0.196. The van der Waals surface area contributed by atoms with Crippen molar-refractivity contribution in [3.63, 3.8) is 0 Å². The molecule has 1 fully saturated rings. The standard InChI is InChI=1S/C21H26ClN3O2/c1-15-7-8-17(22)13-20(15)25-11-9-24(10-12-25)16(2)21(26)23-18-5-4-6-19(14-18)27-3/h4-8,13-14,16H,9-12H2,1-3H3,(H,23,26)/t16-/m1/s1. The Morgan fingerprint density at radius 3 is 2.59 bits per heavy atom. The molecule has 144 valence electrons. The maximum absolute atomic E-state index is 12.6. The van der Waals surface area contributed by atoms with Gasteiger partial charge in [0.1, 0.15) is 5.75 Å². The van der Waals surface area contributed by atoms with Crippen molar-refractivity contribution in [2.45, 2.75) is 19.9 Å². The van der Waals surface area contributed by atoms with Crippen molar-refractivity contribution in [2.75, 3.05) is 43.5 Å². The van der Waals surface area contributed by atoms with Gasteiger partial charge in [0.25, 0.3) is 0 Å². The van der Waals surface area contributed by atoms with Crippen LogP contribution in [0.3, 0.4) is 0 Å². The Balaban J connectivity index is 1.58. The predicted octanol–water partition coefficient (Wildman–Crippen LogP) is 3.81. The number of hydrogen-bond donors (Lipinski definition) is 1. The van der Waals surface area contributed by atoms with Crippen LogP contribution in [0.5, 0.6) is 5.75 Å². The molecule has 0 spiro atoms. The van der Waals surface area contributed by atoms with Crippen molar-refractivity contribution in [1.82, 2.24) is 4.90 Å². The first-order valence-electron chi connectivity index (χ1n) is 9.18. The van der Waals surface area contributed by atoms with Gasteiger partial charge in [-0.3, -0.25) is 9.69 Å². The monoisotopic (exact) mass is 387 g/mol. The molecule has 6 heteroatoms. The molecule has 1 saturated heterocycles. The number of ether oxygens (including phenoxy) is 1. The quantitative estimate of drug-likeness (QED) is 0.847. The van der Waals surface area contributed by atoms with Gasteiger partial charge in [-0.15, -0.1) is 0 Å². The zero-order chi connectivity index (χ0) is 19.4. The van der Waals surface area contributed by atoms with Crippen molar-refractivity contribution >= 4 is 28.9 Å². The van der Waals surface area contributed by atoms with E-state index in [-0.39, 0.29) is 11.9 Å². The number of nitrogens with one attached hydrogen (secondary N) is 1. The molecule has 1 aliphatic heterocycles. The number of methoxy groups -OCH3 is 1. The average molecular weight is 388 g/mol. The van der Waals surface area contributed by atoms with E-state index < -0.39 is 0 Å². The zero-order valence-electron chi connectivity index (χ0n) is 16.0. The van der Waals surface area contributed by atoms with E-state index in [1.54, 1.807) is 7.11 Å². The summed E-state index contributed by atoms with van der Waals surface area (Å²) in [5, 5.41) is 3.74. The van der Waals surface area contributed by atoms with E-state index in [1.165, 1.54) is 11.3 Å². The molecule has 1 atom stereocenters. The van der Waals surface area contributed by atoms with Crippen LogP contribution in [0, 0.1) is 6.92 Å². The molecule has 0 radical (unpaired) electrons. The molecule has 27 heavy (non-hydrogen) atoms. The average Bonchev–Trinajstić information content (AvgIpc) is 2.69. The summed E-state index contributed by atoms with van der Waals surface area (Å²) < 4.78 is 5.21. The van der Waals surface area contributed by atoms with E-state index in [0.717, 1.165) is 42.6 Å². The molecule has 0 bridgehead atoms. The van der Waals surface area contributed by atoms with Crippen molar-refractivity contribution in [2.24, 2.45) is 0 Å². The number of piperazine rings is 1. The van der Waals surface area contributed by atoms with E-state index in [0.29, 0.717) is 0 Å². The van der Waals surface area contributed by atoms with Crippen molar-refractivity contribution in [3.05, 3.63) is 53.1 Å². The van der Waals surface area contributed by atoms with E-state index >= 15 is 0 Å². The van der Waals surface area contributed by atoms with Crippen LogP contribution in [0.2, 0.25) is 5.02 Å². The lowest BCUT2D eigenvalue weighted by Crippen LogP contribution is -2.53. The van der Waals surface area contributed by atoms with Gasteiger partial charge in [-0.1, -0.05) is 23.7 Å². The molecule has 0 saturated carbocycles. The predicted molar refractivity (Wildman–Crippen MR) is 111 cm³/mol. The summed E-state index contributed by atoms with van der Waals surface area (Å²) in [6.07, 6.45) is 0. The third kappa shape index (κ3) is 4.73. The van der Waals surface area contributed by atoms with Gasteiger partial charge in [0, 0.05) is 48.6 Å². The Kier molecular flexibility index (Phi) is 6.24. The molecule has 0 aromatic heterocycles. The van der Waals surface area contributed by atoms with Crippen LogP contribution < -0.4 is 15.0 Å². The summed E-state index contributed by atoms with van der Waals surface area (Å²) in [7, 11) is 1.62. The van der Waals surface area contributed by atoms with E-state index in [1.807, 2.05) is 49.4 Å². The number of aryl methyl sites for hydroxylation is 1. The smallest absolute Gasteiger partial charge is 0.241 e. The second kappa shape index (κ2) is 8.63. The second-order valence-corrected chi connectivity index (χ2v) is 7.29. The molecular weight excluding hydrogens is 362 g/mol. The van der Waals surface area contributed by atoms with Crippen molar-refractivity contribution < 1.29 is 9.53 Å². The first-order chi connectivity index (χ1) is 13.0. The van der Waals surface area contributed by atoms with Crippen molar-refractivity contribution in [1.29, 1.82) is 0 Å². The van der Waals surface area contributed by atoms with Crippen molar-refractivity contribution in [3.8, 4) is 5.75 Å². The van der Waals surface area contributed by atoms with E-state index in [4.69, 9.17) is 16.3 Å². The molecule has 0 unspecified atom stereocenters. The molecule has 2 aromatic rings. The largest absolute Gasteiger partial charge is 0.497 e. The molecule has 1 aliphatic rings. The van der Waals surface area contributed by atoms with Crippen LogP contribution in [-0.4, -0.2) is 50.1 Å². The maximum atomic E-state index is 12.6. The topological polar surface area (TPSA) is 44.8 Å². The lowest BCUT2D eigenvalue weighted by molar-refractivity contribution is -0.120. The Labute approximate surface area is 165 Å². The molecule has 3 rings (SSSR count). The number of carbonyl (C=O) groups is 1. The summed E-state index contributed by atoms with van der Waals surface area (Å²) in [5.41, 5.74) is 3.15. The van der Waals surface area contributed by atoms with Gasteiger partial charge in [0.2, 0.25) is 5.91 Å². The summed E-state index contributed by atoms with van der Waals surface area (Å²) in [6.45, 7) is 7.46. The molecule has 1 amide bonds. The van der Waals surface area contributed by atoms with Gasteiger partial charge < -0.3 is 15.0 Å². The number of rotatable bonds is 5. The molecular formula is C21H26ClN3O2. The minimum Gasteiger partial charge on any atom is -0.497 e. The number of hydrogen-bond acceptors (Lipinski definition) is 4. The Morgan fingerprint density at radius 1 is 1.15 bits per heavy atom. The van der Waals surface area contributed by atoms with E-state index in [2.05, 4.69) is 22.0 Å². The number of amides is 1. The third-order valence-corrected chi connectivity index (χ3v) is 5.33. The van der Waals surface area contributed by atoms with Gasteiger partial charge in [-0.25, -0.2) is 0 Å². The number of anilines is 2. The second-order valence-electron chi connectivity index (χ2n) is 6.85. The highest BCUT2D eigenvalue weighted by Crippen LogP contribution is 2.26. The van der Waals surface area contributed by atoms with Crippen LogP contribution in [0.25, 0.3) is 0 Å². The lowest BCUT2D eigenvalue weighted by Gasteiger charge is -2.39. The number of carbonyl (C=O) groups excluding carboxylic acids is 1. The Morgan fingerprint density at radius 2 is 1.89 bits per heavy atom. The van der Waals surface area contributed by atoms with E-state index in [9.17, 15) is 4.79 Å². The molecule has 0 aliphatic carbocycles. The van der Waals surface area contributed by atoms with Gasteiger partial charge in [-0.2, -0.15) is 0 Å². The normalized spacial score (nSPS) is 16.1. The van der Waals surface area contributed by atoms with Crippen LogP contribution in [0.4, 0.5) is 11.4 Å². The highest BCUT2D eigenvalue weighted by Gasteiger charge is 2.26. The Bertz CT molecular complexity index is 804. The fourth-order valence-electron chi connectivity index (χ4n) is 3.39. The van der Waals surface area contributed by atoms with Gasteiger partial charge in [-0.05, 0) is 43.7 Å². The molecule has 2 aromatic carbocycles. The van der Waals surface area contributed by atoms with Crippen LogP contribution >= 0.6 is 11.6 Å². The molecule has 1 N–H and O–H groups in total. The minimum absolute atomic E-state index is 0.00404. The fourth-order valence-corrected chi connectivity index (χ4v) is 3.55. The number of halogens is 1. The van der Waals surface area contributed by atoms with Crippen LogP contribution in [0.15, 0.2) is 42.5 Å². The van der Waals surface area contributed by atoms with Gasteiger partial charge in [0.05, 0.1) is 13.2 Å². The summed E-state index contributed by atoms with van der Waals surface area (Å²) in [4.78, 5) is 17.2. The zero-order valence-corrected chi connectivity index (χ0v) is 16.8. The van der Waals surface area contributed by atoms with Crippen LogP contribution in [0.1, 0.15) is 12.5 Å². The maximum Gasteiger partial charge on any atom is 0.241 e. The highest BCUT2D eigenvalue weighted by molar-refractivity contribution is 6.30. The Hall–Kier alpha value is -2.24. The third-order valence-electron chi connectivity index (χ3n) is 5.09. The lowest BCUT2D eigenvalue weighted by atomic mass is 10.1. The fraction of sp³-hybridized carbons (Fsp3) is 0.381. The summed E-state index contributed by atoms with van der Waals surface area (Å²) in [6, 6.07) is 13.2.